The highest BCUT2D eigenvalue weighted by Crippen LogP contribution is 2.23. The van der Waals surface area contributed by atoms with Crippen molar-refractivity contribution >= 4 is 45.6 Å². The van der Waals surface area contributed by atoms with E-state index >= 15 is 0 Å². The fraction of sp³-hybridized carbons (Fsp3) is 0.120. The molecule has 168 valence electrons. The van der Waals surface area contributed by atoms with E-state index in [2.05, 4.69) is 31.8 Å². The van der Waals surface area contributed by atoms with Gasteiger partial charge in [-0.3, -0.25) is 9.59 Å². The number of carbonyl (C=O) groups excluding carboxylic acids is 3. The van der Waals surface area contributed by atoms with Crippen LogP contribution in [-0.4, -0.2) is 24.0 Å². The summed E-state index contributed by atoms with van der Waals surface area (Å²) in [6.45, 7) is 3.91. The molecule has 0 spiro atoms. The molecule has 0 atom stereocenters. The first-order chi connectivity index (χ1) is 15.9. The lowest BCUT2D eigenvalue weighted by molar-refractivity contribution is -0.136. The molecular weight excluding hydrogens is 486 g/mol. The SMILES string of the molecule is CCc1ccc(NC(=O)C(=O)N/N=C/c2cc(Br)ccc2OC(=O)c2cccc(C)c2)cc1. The minimum Gasteiger partial charge on any atom is -0.422 e. The lowest BCUT2D eigenvalue weighted by Crippen LogP contribution is -2.32. The number of aryl methyl sites for hydroxylation is 2. The van der Waals surface area contributed by atoms with Crippen molar-refractivity contribution in [1.82, 2.24) is 5.43 Å². The Morgan fingerprint density at radius 1 is 1.00 bits per heavy atom. The molecule has 0 aliphatic rings. The molecule has 0 saturated carbocycles. The fourth-order valence-electron chi connectivity index (χ4n) is 2.87. The highest BCUT2D eigenvalue weighted by molar-refractivity contribution is 9.10. The maximum absolute atomic E-state index is 12.5. The molecule has 0 saturated heterocycles. The van der Waals surface area contributed by atoms with Crippen molar-refractivity contribution in [1.29, 1.82) is 0 Å². The molecule has 3 aromatic rings. The van der Waals surface area contributed by atoms with Crippen molar-refractivity contribution in [3.63, 3.8) is 0 Å². The molecule has 8 heteroatoms. The van der Waals surface area contributed by atoms with Crippen molar-refractivity contribution in [3.8, 4) is 5.75 Å². The molecule has 3 aromatic carbocycles. The van der Waals surface area contributed by atoms with Crippen molar-refractivity contribution < 1.29 is 19.1 Å². The molecule has 0 unspecified atom stereocenters. The second kappa shape index (κ2) is 11.2. The topological polar surface area (TPSA) is 96.9 Å². The van der Waals surface area contributed by atoms with E-state index in [0.29, 0.717) is 16.8 Å². The Labute approximate surface area is 200 Å². The van der Waals surface area contributed by atoms with Crippen molar-refractivity contribution in [2.45, 2.75) is 20.3 Å². The van der Waals surface area contributed by atoms with Gasteiger partial charge in [-0.15, -0.1) is 0 Å². The van der Waals surface area contributed by atoms with E-state index in [-0.39, 0.29) is 5.75 Å². The molecule has 0 aliphatic carbocycles. The Morgan fingerprint density at radius 2 is 1.76 bits per heavy atom. The van der Waals surface area contributed by atoms with E-state index in [0.717, 1.165) is 22.0 Å². The van der Waals surface area contributed by atoms with Crippen LogP contribution in [0, 0.1) is 6.92 Å². The van der Waals surface area contributed by atoms with Crippen molar-refractivity contribution in [2.24, 2.45) is 5.10 Å². The van der Waals surface area contributed by atoms with Crippen LogP contribution in [0.3, 0.4) is 0 Å². The second-order valence-corrected chi connectivity index (χ2v) is 8.06. The molecule has 0 radical (unpaired) electrons. The second-order valence-electron chi connectivity index (χ2n) is 7.14. The van der Waals surface area contributed by atoms with Gasteiger partial charge in [0.1, 0.15) is 5.75 Å². The highest BCUT2D eigenvalue weighted by Gasteiger charge is 2.14. The number of halogens is 1. The maximum atomic E-state index is 12.5. The molecule has 0 aromatic heterocycles. The third-order valence-corrected chi connectivity index (χ3v) is 5.12. The normalized spacial score (nSPS) is 10.6. The summed E-state index contributed by atoms with van der Waals surface area (Å²) in [6, 6.07) is 19.2. The first-order valence-corrected chi connectivity index (χ1v) is 11.0. The molecule has 7 nitrogen and oxygen atoms in total. The zero-order valence-corrected chi connectivity index (χ0v) is 19.7. The molecule has 0 heterocycles. The molecule has 3 rings (SSSR count). The van der Waals surface area contributed by atoms with Crippen LogP contribution in [0.25, 0.3) is 0 Å². The smallest absolute Gasteiger partial charge is 0.343 e. The number of carbonyl (C=O) groups is 3. The van der Waals surface area contributed by atoms with Gasteiger partial charge in [0, 0.05) is 15.7 Å². The van der Waals surface area contributed by atoms with Gasteiger partial charge < -0.3 is 10.1 Å². The Bertz CT molecular complexity index is 1210. The van der Waals surface area contributed by atoms with Crippen molar-refractivity contribution in [2.75, 3.05) is 5.32 Å². The molecule has 2 N–H and O–H groups in total. The standard InChI is InChI=1S/C25H22BrN3O4/c1-3-17-7-10-21(11-8-17)28-23(30)24(31)29-27-15-19-14-20(26)9-12-22(19)33-25(32)18-6-4-5-16(2)13-18/h4-15H,3H2,1-2H3,(H,28,30)(H,29,31)/b27-15+. The number of anilines is 1. The number of esters is 1. The third kappa shape index (κ3) is 6.85. The zero-order valence-electron chi connectivity index (χ0n) is 18.1. The van der Waals surface area contributed by atoms with Gasteiger partial charge in [-0.1, -0.05) is 52.7 Å². The van der Waals surface area contributed by atoms with E-state index in [1.54, 1.807) is 48.5 Å². The number of rotatable bonds is 6. The molecule has 2 amide bonds. The van der Waals surface area contributed by atoms with Gasteiger partial charge in [0.15, 0.2) is 0 Å². The number of hydrazone groups is 1. The average Bonchev–Trinajstić information content (AvgIpc) is 2.81. The molecule has 0 aliphatic heterocycles. The summed E-state index contributed by atoms with van der Waals surface area (Å²) in [5.74, 6) is -2.05. The minimum absolute atomic E-state index is 0.253. The van der Waals surface area contributed by atoms with E-state index in [1.165, 1.54) is 6.21 Å². The number of hydrogen-bond donors (Lipinski definition) is 2. The Balaban J connectivity index is 1.65. The van der Waals surface area contributed by atoms with E-state index in [1.807, 2.05) is 32.0 Å². The lowest BCUT2D eigenvalue weighted by atomic mass is 10.1. The van der Waals surface area contributed by atoms with Crippen LogP contribution in [0.4, 0.5) is 5.69 Å². The Morgan fingerprint density at radius 3 is 2.45 bits per heavy atom. The van der Waals surface area contributed by atoms with Crippen LogP contribution in [0.1, 0.15) is 34.0 Å². The van der Waals surface area contributed by atoms with Crippen molar-refractivity contribution in [3.05, 3.63) is 93.5 Å². The van der Waals surface area contributed by atoms with Crippen LogP contribution >= 0.6 is 15.9 Å². The first-order valence-electron chi connectivity index (χ1n) is 10.2. The Hall–Kier alpha value is -3.78. The lowest BCUT2D eigenvalue weighted by Gasteiger charge is -2.08. The van der Waals surface area contributed by atoms with E-state index < -0.39 is 17.8 Å². The molecule has 0 fully saturated rings. The number of amides is 2. The highest BCUT2D eigenvalue weighted by atomic mass is 79.9. The largest absolute Gasteiger partial charge is 0.422 e. The van der Waals surface area contributed by atoms with Gasteiger partial charge in [0.25, 0.3) is 0 Å². The van der Waals surface area contributed by atoms with E-state index in [4.69, 9.17) is 4.74 Å². The number of hydrogen-bond acceptors (Lipinski definition) is 5. The van der Waals surface area contributed by atoms with Gasteiger partial charge >= 0.3 is 17.8 Å². The fourth-order valence-corrected chi connectivity index (χ4v) is 3.25. The average molecular weight is 508 g/mol. The van der Waals surface area contributed by atoms with Gasteiger partial charge in [-0.2, -0.15) is 5.10 Å². The van der Waals surface area contributed by atoms with Gasteiger partial charge in [-0.25, -0.2) is 10.2 Å². The molecular formula is C25H22BrN3O4. The Kier molecular flexibility index (Phi) is 8.10. The third-order valence-electron chi connectivity index (χ3n) is 4.62. The van der Waals surface area contributed by atoms with Gasteiger partial charge in [-0.05, 0) is 61.4 Å². The summed E-state index contributed by atoms with van der Waals surface area (Å²) >= 11 is 3.35. The number of nitrogens with one attached hydrogen (secondary N) is 2. The van der Waals surface area contributed by atoms with Crippen LogP contribution in [-0.2, 0) is 16.0 Å². The van der Waals surface area contributed by atoms with Crippen LogP contribution in [0.15, 0.2) is 76.3 Å². The number of ether oxygens (including phenoxy) is 1. The van der Waals surface area contributed by atoms with Gasteiger partial charge in [0.05, 0.1) is 11.8 Å². The summed E-state index contributed by atoms with van der Waals surface area (Å²) < 4.78 is 6.22. The summed E-state index contributed by atoms with van der Waals surface area (Å²) in [6.07, 6.45) is 2.17. The van der Waals surface area contributed by atoms with Crippen LogP contribution in [0.2, 0.25) is 0 Å². The van der Waals surface area contributed by atoms with Crippen LogP contribution in [0.5, 0.6) is 5.75 Å². The maximum Gasteiger partial charge on any atom is 0.343 e. The zero-order chi connectivity index (χ0) is 23.8. The summed E-state index contributed by atoms with van der Waals surface area (Å²) in [5.41, 5.74) is 5.58. The quantitative estimate of drug-likeness (QED) is 0.167. The molecule has 0 bridgehead atoms. The number of nitrogens with zero attached hydrogens (tertiary/aromatic N) is 1. The first kappa shape index (κ1) is 23.9. The van der Waals surface area contributed by atoms with Gasteiger partial charge in [0.2, 0.25) is 0 Å². The predicted molar refractivity (Wildman–Crippen MR) is 130 cm³/mol. The summed E-state index contributed by atoms with van der Waals surface area (Å²) in [5, 5.41) is 6.34. The minimum atomic E-state index is -0.931. The van der Waals surface area contributed by atoms with Crippen LogP contribution < -0.4 is 15.5 Å². The number of benzene rings is 3. The summed E-state index contributed by atoms with van der Waals surface area (Å²) in [4.78, 5) is 36.6. The monoisotopic (exact) mass is 507 g/mol. The molecule has 33 heavy (non-hydrogen) atoms. The summed E-state index contributed by atoms with van der Waals surface area (Å²) in [7, 11) is 0. The van der Waals surface area contributed by atoms with E-state index in [9.17, 15) is 14.4 Å². The predicted octanol–water partition coefficient (Wildman–Crippen LogP) is 4.63.